The van der Waals surface area contributed by atoms with Crippen LogP contribution in [-0.4, -0.2) is 18.7 Å². The highest BCUT2D eigenvalue weighted by atomic mass is 16.5. The van der Waals surface area contributed by atoms with Gasteiger partial charge in [0.25, 0.3) is 0 Å². The third kappa shape index (κ3) is 2.42. The van der Waals surface area contributed by atoms with Crippen LogP contribution >= 0.6 is 0 Å². The molecule has 0 saturated carbocycles. The van der Waals surface area contributed by atoms with Crippen molar-refractivity contribution in [2.45, 2.75) is 32.4 Å². The van der Waals surface area contributed by atoms with Crippen molar-refractivity contribution in [3.63, 3.8) is 0 Å². The summed E-state index contributed by atoms with van der Waals surface area (Å²) in [4.78, 5) is 0. The van der Waals surface area contributed by atoms with E-state index in [1.165, 1.54) is 5.56 Å². The second kappa shape index (κ2) is 4.11. The minimum Gasteiger partial charge on any atom is -0.487 e. The summed E-state index contributed by atoms with van der Waals surface area (Å²) in [6, 6.07) is 6.44. The number of fused-ring (bicyclic) bond motifs is 1. The summed E-state index contributed by atoms with van der Waals surface area (Å²) in [5.74, 6) is 0.946. The van der Waals surface area contributed by atoms with Gasteiger partial charge in [-0.25, -0.2) is 0 Å². The Balaban J connectivity index is 2.19. The third-order valence-corrected chi connectivity index (χ3v) is 2.51. The van der Waals surface area contributed by atoms with Crippen LogP contribution in [0.25, 0.3) is 0 Å². The second-order valence-electron chi connectivity index (χ2n) is 4.32. The molecule has 2 unspecified atom stereocenters. The average Bonchev–Trinajstić information content (AvgIpc) is 2.17. The maximum absolute atomic E-state index is 5.77. The molecule has 0 spiro atoms. The van der Waals surface area contributed by atoms with Gasteiger partial charge in [-0.15, -0.1) is 0 Å². The van der Waals surface area contributed by atoms with E-state index in [1.54, 1.807) is 0 Å². The Bertz CT molecular complexity index is 349. The lowest BCUT2D eigenvalue weighted by Gasteiger charge is -2.25. The number of nitrogens with one attached hydrogen (secondary N) is 1. The van der Waals surface area contributed by atoms with E-state index in [0.717, 1.165) is 24.4 Å². The summed E-state index contributed by atoms with van der Waals surface area (Å²) in [5.41, 5.74) is 8.12. The van der Waals surface area contributed by atoms with Crippen LogP contribution in [-0.2, 0) is 6.42 Å². The molecule has 3 nitrogen and oxygen atoms in total. The molecule has 1 aliphatic rings. The molecule has 2 rings (SSSR count). The largest absolute Gasteiger partial charge is 0.487 e. The van der Waals surface area contributed by atoms with Crippen molar-refractivity contribution in [3.8, 4) is 5.75 Å². The molecule has 0 saturated heterocycles. The first-order valence-corrected chi connectivity index (χ1v) is 5.44. The number of hydrogen-bond donors (Lipinski definition) is 2. The zero-order chi connectivity index (χ0) is 10.8. The molecule has 2 atom stereocenters. The molecule has 1 aromatic carbocycles. The van der Waals surface area contributed by atoms with Gasteiger partial charge in [0.15, 0.2) is 0 Å². The number of ether oxygens (including phenoxy) is 1. The minimum atomic E-state index is 0.200. The molecule has 3 N–H and O–H groups in total. The fourth-order valence-electron chi connectivity index (χ4n) is 1.83. The molecule has 1 aliphatic heterocycles. The van der Waals surface area contributed by atoms with Crippen LogP contribution in [0.1, 0.15) is 19.4 Å². The SMILES string of the molecule is CC(N)Cc1ccc2c(c1)NCC(C)O2. The Morgan fingerprint density at radius 1 is 1.60 bits per heavy atom. The lowest BCUT2D eigenvalue weighted by Crippen LogP contribution is -2.27. The topological polar surface area (TPSA) is 47.3 Å². The molecule has 1 heterocycles. The standard InChI is InChI=1S/C12H18N2O/c1-8(13)5-10-3-4-12-11(6-10)14-7-9(2)15-12/h3-4,6,8-9,14H,5,7,13H2,1-2H3. The molecule has 0 amide bonds. The zero-order valence-corrected chi connectivity index (χ0v) is 9.29. The van der Waals surface area contributed by atoms with Crippen molar-refractivity contribution in [2.24, 2.45) is 5.73 Å². The van der Waals surface area contributed by atoms with E-state index >= 15 is 0 Å². The Kier molecular flexibility index (Phi) is 2.82. The van der Waals surface area contributed by atoms with Gasteiger partial charge in [0.05, 0.1) is 12.2 Å². The van der Waals surface area contributed by atoms with Crippen molar-refractivity contribution < 1.29 is 4.74 Å². The zero-order valence-electron chi connectivity index (χ0n) is 9.29. The fourth-order valence-corrected chi connectivity index (χ4v) is 1.83. The van der Waals surface area contributed by atoms with Crippen molar-refractivity contribution in [3.05, 3.63) is 23.8 Å². The Morgan fingerprint density at radius 3 is 3.13 bits per heavy atom. The van der Waals surface area contributed by atoms with Crippen LogP contribution < -0.4 is 15.8 Å². The number of benzene rings is 1. The maximum atomic E-state index is 5.77. The summed E-state index contributed by atoms with van der Waals surface area (Å²) >= 11 is 0. The number of hydrogen-bond acceptors (Lipinski definition) is 3. The lowest BCUT2D eigenvalue weighted by molar-refractivity contribution is 0.226. The van der Waals surface area contributed by atoms with Crippen LogP contribution in [0.15, 0.2) is 18.2 Å². The van der Waals surface area contributed by atoms with Gasteiger partial charge in [0.2, 0.25) is 0 Å². The van der Waals surface area contributed by atoms with Gasteiger partial charge in [0, 0.05) is 6.04 Å². The average molecular weight is 206 g/mol. The van der Waals surface area contributed by atoms with Crippen LogP contribution in [0.5, 0.6) is 5.75 Å². The van der Waals surface area contributed by atoms with E-state index in [9.17, 15) is 0 Å². The number of rotatable bonds is 2. The molecular weight excluding hydrogens is 188 g/mol. The van der Waals surface area contributed by atoms with Crippen molar-refractivity contribution in [1.82, 2.24) is 0 Å². The van der Waals surface area contributed by atoms with Gasteiger partial charge < -0.3 is 15.8 Å². The monoisotopic (exact) mass is 206 g/mol. The second-order valence-corrected chi connectivity index (χ2v) is 4.32. The molecule has 15 heavy (non-hydrogen) atoms. The first kappa shape index (κ1) is 10.3. The molecule has 82 valence electrons. The van der Waals surface area contributed by atoms with E-state index in [2.05, 4.69) is 24.4 Å². The smallest absolute Gasteiger partial charge is 0.142 e. The quantitative estimate of drug-likeness (QED) is 0.775. The predicted molar refractivity (Wildman–Crippen MR) is 62.4 cm³/mol. The molecule has 0 aliphatic carbocycles. The minimum absolute atomic E-state index is 0.200. The van der Waals surface area contributed by atoms with Crippen LogP contribution in [0.4, 0.5) is 5.69 Å². The van der Waals surface area contributed by atoms with Gasteiger partial charge in [0.1, 0.15) is 11.9 Å². The summed E-state index contributed by atoms with van der Waals surface area (Å²) in [5, 5.41) is 3.36. The third-order valence-electron chi connectivity index (χ3n) is 2.51. The number of anilines is 1. The van der Waals surface area contributed by atoms with Crippen molar-refractivity contribution >= 4 is 5.69 Å². The van der Waals surface area contributed by atoms with Gasteiger partial charge in [-0.2, -0.15) is 0 Å². The van der Waals surface area contributed by atoms with E-state index in [1.807, 2.05) is 13.0 Å². The van der Waals surface area contributed by atoms with E-state index in [0.29, 0.717) is 0 Å². The first-order valence-electron chi connectivity index (χ1n) is 5.44. The van der Waals surface area contributed by atoms with Crippen molar-refractivity contribution in [1.29, 1.82) is 0 Å². The number of nitrogens with two attached hydrogens (primary N) is 1. The molecule has 3 heteroatoms. The highest BCUT2D eigenvalue weighted by molar-refractivity contribution is 5.59. The van der Waals surface area contributed by atoms with Gasteiger partial charge in [-0.3, -0.25) is 0 Å². The molecule has 0 aromatic heterocycles. The molecule has 0 bridgehead atoms. The highest BCUT2D eigenvalue weighted by Crippen LogP contribution is 2.30. The summed E-state index contributed by atoms with van der Waals surface area (Å²) in [6.07, 6.45) is 1.15. The van der Waals surface area contributed by atoms with E-state index in [4.69, 9.17) is 10.5 Å². The van der Waals surface area contributed by atoms with Crippen LogP contribution in [0.3, 0.4) is 0 Å². The lowest BCUT2D eigenvalue weighted by atomic mass is 10.1. The Labute approximate surface area is 90.6 Å². The molecule has 0 radical (unpaired) electrons. The highest BCUT2D eigenvalue weighted by Gasteiger charge is 2.15. The normalized spacial score (nSPS) is 21.1. The maximum Gasteiger partial charge on any atom is 0.142 e. The van der Waals surface area contributed by atoms with E-state index in [-0.39, 0.29) is 12.1 Å². The summed E-state index contributed by atoms with van der Waals surface area (Å²) in [7, 11) is 0. The molecule has 1 aromatic rings. The van der Waals surface area contributed by atoms with Gasteiger partial charge in [-0.05, 0) is 38.0 Å². The van der Waals surface area contributed by atoms with Crippen LogP contribution in [0, 0.1) is 0 Å². The molecular formula is C12H18N2O. The van der Waals surface area contributed by atoms with Crippen LogP contribution in [0.2, 0.25) is 0 Å². The molecule has 0 fully saturated rings. The Morgan fingerprint density at radius 2 is 2.40 bits per heavy atom. The van der Waals surface area contributed by atoms with Gasteiger partial charge >= 0.3 is 0 Å². The summed E-state index contributed by atoms with van der Waals surface area (Å²) < 4.78 is 5.70. The first-order chi connectivity index (χ1) is 7.15. The van der Waals surface area contributed by atoms with Gasteiger partial charge in [-0.1, -0.05) is 6.07 Å². The summed E-state index contributed by atoms with van der Waals surface area (Å²) in [6.45, 7) is 4.95. The van der Waals surface area contributed by atoms with Crippen molar-refractivity contribution in [2.75, 3.05) is 11.9 Å². The van der Waals surface area contributed by atoms with E-state index < -0.39 is 0 Å². The fraction of sp³-hybridized carbons (Fsp3) is 0.500. The Hall–Kier alpha value is -1.22. The predicted octanol–water partition coefficient (Wildman–Crippen LogP) is 1.77.